The summed E-state index contributed by atoms with van der Waals surface area (Å²) in [6.07, 6.45) is 0. The normalized spacial score (nSPS) is 11.9. The third-order valence-corrected chi connectivity index (χ3v) is 10.2. The summed E-state index contributed by atoms with van der Waals surface area (Å²) in [5, 5.41) is 6.62. The molecule has 7 aromatic carbocycles. The number of furan rings is 2. The van der Waals surface area contributed by atoms with E-state index in [2.05, 4.69) is 127 Å². The Labute approximate surface area is 297 Å². The first-order valence-electron chi connectivity index (χ1n) is 17.4. The number of para-hydroxylation sites is 3. The van der Waals surface area contributed by atoms with Crippen molar-refractivity contribution in [2.24, 2.45) is 0 Å². The molecule has 0 radical (unpaired) electrons. The summed E-state index contributed by atoms with van der Waals surface area (Å²) in [7, 11) is 0. The molecule has 4 aromatic heterocycles. The van der Waals surface area contributed by atoms with Crippen LogP contribution in [0.2, 0.25) is 0 Å². The van der Waals surface area contributed by atoms with Crippen molar-refractivity contribution in [1.29, 1.82) is 0 Å². The smallest absolute Gasteiger partial charge is 0.238 e. The van der Waals surface area contributed by atoms with Crippen LogP contribution in [0.5, 0.6) is 0 Å². The standard InChI is InChI=1S/C46H28N4O2/c1-27-10-2-3-11-31(27)45-47-44(48-46(49-45)50-38-15-7-4-12-32(38)33-13-5-8-16-39(33)50)30-18-21-35-37-25-29(20-23-42(37)52-43(35)26-30)28-19-22-41-36(24-28)34-14-6-9-17-40(34)51-41/h2-26H,1H3. The van der Waals surface area contributed by atoms with E-state index in [1.807, 2.05) is 36.4 Å². The van der Waals surface area contributed by atoms with Gasteiger partial charge in [-0.2, -0.15) is 9.97 Å². The molecule has 0 aliphatic heterocycles. The molecule has 244 valence electrons. The lowest BCUT2D eigenvalue weighted by Gasteiger charge is -2.12. The van der Waals surface area contributed by atoms with Crippen molar-refractivity contribution in [3.63, 3.8) is 0 Å². The number of hydrogen-bond donors (Lipinski definition) is 0. The highest BCUT2D eigenvalue weighted by molar-refractivity contribution is 6.10. The zero-order valence-corrected chi connectivity index (χ0v) is 28.0. The zero-order valence-electron chi connectivity index (χ0n) is 28.0. The molecule has 0 aliphatic carbocycles. The molecule has 0 spiro atoms. The summed E-state index contributed by atoms with van der Waals surface area (Å²) in [4.78, 5) is 15.3. The fraction of sp³-hybridized carbons (Fsp3) is 0.0217. The fourth-order valence-electron chi connectivity index (χ4n) is 7.68. The molecule has 0 atom stereocenters. The van der Waals surface area contributed by atoms with Gasteiger partial charge in [-0.25, -0.2) is 4.98 Å². The van der Waals surface area contributed by atoms with Crippen molar-refractivity contribution in [3.8, 4) is 39.9 Å². The number of aryl methyl sites for hydroxylation is 1. The molecule has 0 saturated heterocycles. The van der Waals surface area contributed by atoms with Crippen molar-refractivity contribution in [3.05, 3.63) is 157 Å². The van der Waals surface area contributed by atoms with Gasteiger partial charge in [-0.3, -0.25) is 4.57 Å². The van der Waals surface area contributed by atoms with Crippen LogP contribution in [0, 0.1) is 6.92 Å². The minimum absolute atomic E-state index is 0.567. The lowest BCUT2D eigenvalue weighted by atomic mass is 10.0. The van der Waals surface area contributed by atoms with E-state index in [1.165, 1.54) is 0 Å². The minimum Gasteiger partial charge on any atom is -0.456 e. The first kappa shape index (κ1) is 28.8. The third kappa shape index (κ3) is 4.34. The molecule has 0 saturated carbocycles. The number of fused-ring (bicyclic) bond motifs is 9. The maximum Gasteiger partial charge on any atom is 0.238 e. The van der Waals surface area contributed by atoms with Crippen LogP contribution in [-0.4, -0.2) is 19.5 Å². The molecule has 6 heteroatoms. The Hall–Kier alpha value is -7.05. The van der Waals surface area contributed by atoms with E-state index in [0.717, 1.165) is 93.5 Å². The molecular formula is C46H28N4O2. The van der Waals surface area contributed by atoms with Gasteiger partial charge in [0, 0.05) is 43.4 Å². The Balaban J connectivity index is 1.07. The maximum absolute atomic E-state index is 6.48. The molecule has 0 unspecified atom stereocenters. The monoisotopic (exact) mass is 668 g/mol. The number of nitrogens with zero attached hydrogens (tertiary/aromatic N) is 4. The topological polar surface area (TPSA) is 69.9 Å². The van der Waals surface area contributed by atoms with Gasteiger partial charge < -0.3 is 8.83 Å². The molecule has 0 aliphatic rings. The lowest BCUT2D eigenvalue weighted by molar-refractivity contribution is 0.668. The second kappa shape index (κ2) is 11.0. The van der Waals surface area contributed by atoms with Crippen molar-refractivity contribution in [2.45, 2.75) is 6.92 Å². The average Bonchev–Trinajstić information content (AvgIpc) is 3.86. The number of aromatic nitrogens is 4. The van der Waals surface area contributed by atoms with Crippen LogP contribution in [-0.2, 0) is 0 Å². The summed E-state index contributed by atoms with van der Waals surface area (Å²) in [6.45, 7) is 2.09. The molecule has 11 aromatic rings. The summed E-state index contributed by atoms with van der Waals surface area (Å²) in [6, 6.07) is 52.2. The molecular weight excluding hydrogens is 641 g/mol. The van der Waals surface area contributed by atoms with Crippen molar-refractivity contribution in [2.75, 3.05) is 0 Å². The molecule has 0 fully saturated rings. The van der Waals surface area contributed by atoms with E-state index < -0.39 is 0 Å². The summed E-state index contributed by atoms with van der Waals surface area (Å²) < 4.78 is 14.7. The van der Waals surface area contributed by atoms with Gasteiger partial charge in [0.1, 0.15) is 22.3 Å². The van der Waals surface area contributed by atoms with Crippen LogP contribution in [0.25, 0.3) is 106 Å². The van der Waals surface area contributed by atoms with Crippen LogP contribution in [0.15, 0.2) is 160 Å². The second-order valence-electron chi connectivity index (χ2n) is 13.3. The van der Waals surface area contributed by atoms with Gasteiger partial charge >= 0.3 is 0 Å². The highest BCUT2D eigenvalue weighted by atomic mass is 16.3. The fourth-order valence-corrected chi connectivity index (χ4v) is 7.68. The van der Waals surface area contributed by atoms with Crippen molar-refractivity contribution < 1.29 is 8.83 Å². The average molecular weight is 669 g/mol. The largest absolute Gasteiger partial charge is 0.456 e. The van der Waals surface area contributed by atoms with E-state index in [0.29, 0.717) is 17.6 Å². The summed E-state index contributed by atoms with van der Waals surface area (Å²) >= 11 is 0. The lowest BCUT2D eigenvalue weighted by Crippen LogP contribution is -2.06. The highest BCUT2D eigenvalue weighted by Crippen LogP contribution is 2.38. The molecule has 0 N–H and O–H groups in total. The number of benzene rings is 7. The number of rotatable bonds is 4. The SMILES string of the molecule is Cc1ccccc1-c1nc(-c2ccc3c(c2)oc2ccc(-c4ccc5oc6ccccc6c5c4)cc23)nc(-n2c3ccccc3c3ccccc32)n1. The van der Waals surface area contributed by atoms with Crippen molar-refractivity contribution >= 4 is 65.7 Å². The molecule has 11 rings (SSSR count). The van der Waals surface area contributed by atoms with Gasteiger partial charge in [-0.15, -0.1) is 0 Å². The summed E-state index contributed by atoms with van der Waals surface area (Å²) in [5.41, 5.74) is 10.6. The molecule has 6 nitrogen and oxygen atoms in total. The van der Waals surface area contributed by atoms with E-state index in [9.17, 15) is 0 Å². The molecule has 52 heavy (non-hydrogen) atoms. The van der Waals surface area contributed by atoms with E-state index in [1.54, 1.807) is 0 Å². The quantitative estimate of drug-likeness (QED) is 0.187. The van der Waals surface area contributed by atoms with Crippen molar-refractivity contribution in [1.82, 2.24) is 19.5 Å². The Kier molecular flexibility index (Phi) is 6.07. The first-order valence-corrected chi connectivity index (χ1v) is 17.4. The predicted molar refractivity (Wildman–Crippen MR) is 210 cm³/mol. The van der Waals surface area contributed by atoms with Gasteiger partial charge in [0.15, 0.2) is 11.6 Å². The highest BCUT2D eigenvalue weighted by Gasteiger charge is 2.19. The Bertz CT molecular complexity index is 3170. The third-order valence-electron chi connectivity index (χ3n) is 10.2. The van der Waals surface area contributed by atoms with Crippen LogP contribution < -0.4 is 0 Å². The van der Waals surface area contributed by atoms with Crippen LogP contribution >= 0.6 is 0 Å². The molecule has 0 amide bonds. The van der Waals surface area contributed by atoms with Crippen LogP contribution in [0.1, 0.15) is 5.56 Å². The van der Waals surface area contributed by atoms with Gasteiger partial charge in [-0.05, 0) is 78.2 Å². The second-order valence-corrected chi connectivity index (χ2v) is 13.3. The molecule has 0 bridgehead atoms. The van der Waals surface area contributed by atoms with Gasteiger partial charge in [-0.1, -0.05) is 97.1 Å². The Morgan fingerprint density at radius 2 is 0.942 bits per heavy atom. The van der Waals surface area contributed by atoms with E-state index >= 15 is 0 Å². The van der Waals surface area contributed by atoms with E-state index in [4.69, 9.17) is 23.8 Å². The van der Waals surface area contributed by atoms with Gasteiger partial charge in [0.2, 0.25) is 5.95 Å². The predicted octanol–water partition coefficient (Wildman–Crippen LogP) is 12.1. The maximum atomic E-state index is 6.48. The first-order chi connectivity index (χ1) is 25.7. The summed E-state index contributed by atoms with van der Waals surface area (Å²) in [5.74, 6) is 1.77. The Morgan fingerprint density at radius 3 is 1.65 bits per heavy atom. The van der Waals surface area contributed by atoms with E-state index in [-0.39, 0.29) is 0 Å². The van der Waals surface area contributed by atoms with Crippen LogP contribution in [0.3, 0.4) is 0 Å². The van der Waals surface area contributed by atoms with Gasteiger partial charge in [0.05, 0.1) is 11.0 Å². The zero-order chi connectivity index (χ0) is 34.3. The van der Waals surface area contributed by atoms with Crippen LogP contribution in [0.4, 0.5) is 0 Å². The minimum atomic E-state index is 0.567. The van der Waals surface area contributed by atoms with Gasteiger partial charge in [0.25, 0.3) is 0 Å². The Morgan fingerprint density at radius 1 is 0.404 bits per heavy atom. The number of hydrogen-bond acceptors (Lipinski definition) is 5. The molecule has 4 heterocycles.